The molecule has 3 aromatic rings. The molecule has 0 saturated carbocycles. The molecule has 0 fully saturated rings. The highest BCUT2D eigenvalue weighted by Gasteiger charge is 2.12. The second-order valence-corrected chi connectivity index (χ2v) is 5.06. The van der Waals surface area contributed by atoms with Crippen molar-refractivity contribution in [3.63, 3.8) is 0 Å². The summed E-state index contributed by atoms with van der Waals surface area (Å²) in [5, 5.41) is 6.37. The van der Waals surface area contributed by atoms with Crippen molar-refractivity contribution >= 4 is 22.6 Å². The number of thiazole rings is 1. The number of hydrogen-bond acceptors (Lipinski definition) is 4. The van der Waals surface area contributed by atoms with E-state index in [9.17, 15) is 4.79 Å². The largest absolute Gasteiger partial charge is 0.298 e. The lowest BCUT2D eigenvalue weighted by Gasteiger charge is -2.00. The summed E-state index contributed by atoms with van der Waals surface area (Å²) in [5.74, 6) is 0. The predicted octanol–water partition coefficient (Wildman–Crippen LogP) is 2.07. The molecule has 0 N–H and O–H groups in total. The first-order valence-corrected chi connectivity index (χ1v) is 6.47. The third-order valence-corrected chi connectivity index (χ3v) is 3.78. The van der Waals surface area contributed by atoms with Gasteiger partial charge in [-0.2, -0.15) is 5.10 Å². The number of aromatic nitrogens is 4. The van der Waals surface area contributed by atoms with Crippen LogP contribution in [0.2, 0.25) is 0 Å². The van der Waals surface area contributed by atoms with Gasteiger partial charge in [-0.25, -0.2) is 4.98 Å². The van der Waals surface area contributed by atoms with E-state index < -0.39 is 0 Å². The van der Waals surface area contributed by atoms with Gasteiger partial charge in [0.2, 0.25) is 0 Å². The molecular formula is C12H12N4OS. The Hall–Kier alpha value is -1.95. The Bertz CT molecular complexity index is 693. The van der Waals surface area contributed by atoms with Gasteiger partial charge in [-0.1, -0.05) is 0 Å². The number of rotatable bonds is 3. The van der Waals surface area contributed by atoms with E-state index in [4.69, 9.17) is 0 Å². The Labute approximate surface area is 108 Å². The maximum absolute atomic E-state index is 10.9. The third-order valence-electron chi connectivity index (χ3n) is 3.01. The lowest BCUT2D eigenvalue weighted by Crippen LogP contribution is -2.04. The number of hydrogen-bond donors (Lipinski definition) is 0. The van der Waals surface area contributed by atoms with Crippen molar-refractivity contribution in [2.75, 3.05) is 0 Å². The van der Waals surface area contributed by atoms with E-state index in [0.717, 1.165) is 28.3 Å². The summed E-state index contributed by atoms with van der Waals surface area (Å²) in [6.07, 6.45) is 4.83. The standard InChI is InChI=1S/C12H12N4OS/c1-8-11(7-17)9(2)16(14-8)6-10-5-15-3-4-18-12(15)13-10/h3-5,7H,6H2,1-2H3. The molecule has 0 unspecified atom stereocenters. The molecule has 5 nitrogen and oxygen atoms in total. The van der Waals surface area contributed by atoms with Crippen LogP contribution in [-0.2, 0) is 6.54 Å². The zero-order valence-corrected chi connectivity index (χ0v) is 10.9. The summed E-state index contributed by atoms with van der Waals surface area (Å²) in [7, 11) is 0. The zero-order valence-electron chi connectivity index (χ0n) is 10.1. The zero-order chi connectivity index (χ0) is 12.7. The van der Waals surface area contributed by atoms with Crippen molar-refractivity contribution in [3.05, 3.63) is 40.4 Å². The van der Waals surface area contributed by atoms with E-state index in [1.165, 1.54) is 0 Å². The van der Waals surface area contributed by atoms with Gasteiger partial charge >= 0.3 is 0 Å². The van der Waals surface area contributed by atoms with E-state index in [0.29, 0.717) is 12.1 Å². The van der Waals surface area contributed by atoms with Gasteiger partial charge in [-0.05, 0) is 13.8 Å². The summed E-state index contributed by atoms with van der Waals surface area (Å²) in [5.41, 5.74) is 3.28. The molecule has 0 saturated heterocycles. The fourth-order valence-electron chi connectivity index (χ4n) is 2.04. The number of carbonyl (C=O) groups excluding carboxylic acids is 1. The average molecular weight is 260 g/mol. The van der Waals surface area contributed by atoms with Gasteiger partial charge in [0.05, 0.1) is 23.5 Å². The highest BCUT2D eigenvalue weighted by molar-refractivity contribution is 7.15. The molecule has 0 aliphatic carbocycles. The molecule has 3 heterocycles. The van der Waals surface area contributed by atoms with Crippen LogP contribution in [0.25, 0.3) is 4.96 Å². The monoisotopic (exact) mass is 260 g/mol. The first kappa shape index (κ1) is 11.2. The first-order chi connectivity index (χ1) is 8.69. The summed E-state index contributed by atoms with van der Waals surface area (Å²) >= 11 is 1.60. The van der Waals surface area contributed by atoms with E-state index in [1.54, 1.807) is 11.3 Å². The van der Waals surface area contributed by atoms with Gasteiger partial charge in [0, 0.05) is 23.5 Å². The Balaban J connectivity index is 1.97. The van der Waals surface area contributed by atoms with E-state index in [2.05, 4.69) is 10.1 Å². The highest BCUT2D eigenvalue weighted by atomic mass is 32.1. The van der Waals surface area contributed by atoms with Crippen molar-refractivity contribution in [1.29, 1.82) is 0 Å². The SMILES string of the molecule is Cc1nn(Cc2cn3ccsc3n2)c(C)c1C=O. The average Bonchev–Trinajstić information content (AvgIpc) is 2.95. The minimum absolute atomic E-state index is 0.592. The topological polar surface area (TPSA) is 52.2 Å². The Morgan fingerprint density at radius 2 is 2.28 bits per heavy atom. The lowest BCUT2D eigenvalue weighted by molar-refractivity contribution is 0.112. The van der Waals surface area contributed by atoms with E-state index in [1.807, 2.05) is 40.7 Å². The van der Waals surface area contributed by atoms with Crippen molar-refractivity contribution in [2.45, 2.75) is 20.4 Å². The molecule has 18 heavy (non-hydrogen) atoms. The number of imidazole rings is 1. The van der Waals surface area contributed by atoms with Crippen LogP contribution in [0.1, 0.15) is 27.4 Å². The van der Waals surface area contributed by atoms with Crippen LogP contribution in [0.3, 0.4) is 0 Å². The molecule has 0 bridgehead atoms. The van der Waals surface area contributed by atoms with Crippen molar-refractivity contribution in [2.24, 2.45) is 0 Å². The molecule has 0 amide bonds. The summed E-state index contributed by atoms with van der Waals surface area (Å²) in [6, 6.07) is 0. The molecule has 0 aliphatic rings. The Kier molecular flexibility index (Phi) is 2.52. The molecule has 92 valence electrons. The van der Waals surface area contributed by atoms with Gasteiger partial charge in [0.25, 0.3) is 0 Å². The van der Waals surface area contributed by atoms with Crippen LogP contribution in [0.5, 0.6) is 0 Å². The molecule has 0 atom stereocenters. The number of nitrogens with zero attached hydrogens (tertiary/aromatic N) is 4. The molecule has 0 aromatic carbocycles. The summed E-state index contributed by atoms with van der Waals surface area (Å²) in [4.78, 5) is 16.4. The Morgan fingerprint density at radius 1 is 1.44 bits per heavy atom. The predicted molar refractivity (Wildman–Crippen MR) is 69.3 cm³/mol. The smallest absolute Gasteiger partial charge is 0.193 e. The van der Waals surface area contributed by atoms with E-state index in [-0.39, 0.29) is 0 Å². The minimum Gasteiger partial charge on any atom is -0.298 e. The van der Waals surface area contributed by atoms with Crippen LogP contribution in [-0.4, -0.2) is 25.5 Å². The normalized spacial score (nSPS) is 11.2. The van der Waals surface area contributed by atoms with Gasteiger partial charge in [-0.3, -0.25) is 13.9 Å². The van der Waals surface area contributed by atoms with Crippen molar-refractivity contribution in [1.82, 2.24) is 19.2 Å². The van der Waals surface area contributed by atoms with Gasteiger partial charge in [0.15, 0.2) is 11.2 Å². The van der Waals surface area contributed by atoms with Crippen LogP contribution >= 0.6 is 11.3 Å². The highest BCUT2D eigenvalue weighted by Crippen LogP contribution is 2.15. The number of aryl methyl sites for hydroxylation is 1. The Morgan fingerprint density at radius 3 is 2.94 bits per heavy atom. The van der Waals surface area contributed by atoms with Gasteiger partial charge in [-0.15, -0.1) is 11.3 Å². The molecule has 6 heteroatoms. The minimum atomic E-state index is 0.592. The summed E-state index contributed by atoms with van der Waals surface area (Å²) < 4.78 is 3.82. The van der Waals surface area contributed by atoms with Crippen LogP contribution < -0.4 is 0 Å². The van der Waals surface area contributed by atoms with Crippen LogP contribution in [0, 0.1) is 13.8 Å². The van der Waals surface area contributed by atoms with Crippen LogP contribution in [0.15, 0.2) is 17.8 Å². The molecule has 3 rings (SSSR count). The quantitative estimate of drug-likeness (QED) is 0.677. The number of fused-ring (bicyclic) bond motifs is 1. The second kappa shape index (κ2) is 4.06. The maximum Gasteiger partial charge on any atom is 0.193 e. The van der Waals surface area contributed by atoms with Gasteiger partial charge in [0.1, 0.15) is 0 Å². The van der Waals surface area contributed by atoms with Gasteiger partial charge < -0.3 is 0 Å². The lowest BCUT2D eigenvalue weighted by atomic mass is 10.2. The fourth-order valence-corrected chi connectivity index (χ4v) is 2.76. The number of carbonyl (C=O) groups is 1. The second-order valence-electron chi connectivity index (χ2n) is 4.19. The number of aldehydes is 1. The molecule has 0 radical (unpaired) electrons. The molecular weight excluding hydrogens is 248 g/mol. The summed E-state index contributed by atoms with van der Waals surface area (Å²) in [6.45, 7) is 4.34. The molecule has 0 aliphatic heterocycles. The molecule has 0 spiro atoms. The third kappa shape index (κ3) is 1.65. The fraction of sp³-hybridized carbons (Fsp3) is 0.250. The maximum atomic E-state index is 10.9. The van der Waals surface area contributed by atoms with Crippen LogP contribution in [0.4, 0.5) is 0 Å². The van der Waals surface area contributed by atoms with Crippen molar-refractivity contribution in [3.8, 4) is 0 Å². The van der Waals surface area contributed by atoms with Crippen molar-refractivity contribution < 1.29 is 4.79 Å². The van der Waals surface area contributed by atoms with E-state index >= 15 is 0 Å². The first-order valence-electron chi connectivity index (χ1n) is 5.59. The molecule has 3 aromatic heterocycles.